The normalized spacial score (nSPS) is 22.1. The van der Waals surface area contributed by atoms with E-state index in [1.165, 1.54) is 43.3 Å². The number of para-hydroxylation sites is 1. The molecule has 2 fully saturated rings. The number of aryl methyl sites for hydroxylation is 1. The molecule has 0 bridgehead atoms. The van der Waals surface area contributed by atoms with Crippen LogP contribution in [0, 0.1) is 6.92 Å². The minimum absolute atomic E-state index is 0.635. The molecule has 3 heteroatoms. The summed E-state index contributed by atoms with van der Waals surface area (Å²) in [6, 6.07) is 12.2. The Balaban J connectivity index is 1.67. The first-order valence-corrected chi connectivity index (χ1v) is 8.18. The first-order valence-electron chi connectivity index (χ1n) is 8.18. The lowest BCUT2D eigenvalue weighted by Gasteiger charge is -2.28. The van der Waals surface area contributed by atoms with E-state index in [1.807, 2.05) is 0 Å². The molecule has 1 aromatic carbocycles. The molecule has 0 spiro atoms. The Bertz CT molecular complexity index is 648. The zero-order valence-corrected chi connectivity index (χ0v) is 12.7. The van der Waals surface area contributed by atoms with Crippen LogP contribution < -0.4 is 10.2 Å². The molecule has 1 aliphatic carbocycles. The molecule has 21 heavy (non-hydrogen) atoms. The maximum Gasteiger partial charge on any atom is 0.0726 e. The summed E-state index contributed by atoms with van der Waals surface area (Å²) < 4.78 is 0. The van der Waals surface area contributed by atoms with Gasteiger partial charge in [0.15, 0.2) is 0 Å². The Kier molecular flexibility index (Phi) is 3.30. The Morgan fingerprint density at radius 3 is 2.95 bits per heavy atom. The number of nitrogens with zero attached hydrogens (tertiary/aromatic N) is 2. The van der Waals surface area contributed by atoms with Gasteiger partial charge in [-0.3, -0.25) is 4.98 Å². The van der Waals surface area contributed by atoms with Crippen molar-refractivity contribution in [2.75, 3.05) is 18.0 Å². The number of hydrogen-bond donors (Lipinski definition) is 1. The van der Waals surface area contributed by atoms with Crippen molar-refractivity contribution in [2.45, 2.75) is 44.7 Å². The van der Waals surface area contributed by atoms with Gasteiger partial charge in [0, 0.05) is 41.9 Å². The zero-order valence-electron chi connectivity index (χ0n) is 12.7. The molecular weight excluding hydrogens is 258 g/mol. The van der Waals surface area contributed by atoms with Crippen LogP contribution in [0.15, 0.2) is 30.3 Å². The van der Waals surface area contributed by atoms with Crippen molar-refractivity contribution in [3.05, 3.63) is 36.0 Å². The summed E-state index contributed by atoms with van der Waals surface area (Å²) in [6.07, 6.45) is 5.33. The Morgan fingerprint density at radius 1 is 1.24 bits per heavy atom. The smallest absolute Gasteiger partial charge is 0.0726 e. The van der Waals surface area contributed by atoms with Crippen LogP contribution in [-0.2, 0) is 0 Å². The molecule has 0 amide bonds. The zero-order chi connectivity index (χ0) is 14.2. The predicted molar refractivity (Wildman–Crippen MR) is 87.9 cm³/mol. The van der Waals surface area contributed by atoms with Crippen molar-refractivity contribution in [3.8, 4) is 0 Å². The van der Waals surface area contributed by atoms with Crippen LogP contribution in [-0.4, -0.2) is 30.2 Å². The van der Waals surface area contributed by atoms with Gasteiger partial charge in [-0.15, -0.1) is 0 Å². The highest BCUT2D eigenvalue weighted by atomic mass is 15.2. The maximum atomic E-state index is 4.67. The van der Waals surface area contributed by atoms with Crippen molar-refractivity contribution >= 4 is 16.6 Å². The van der Waals surface area contributed by atoms with E-state index < -0.39 is 0 Å². The van der Waals surface area contributed by atoms with Crippen LogP contribution in [0.25, 0.3) is 10.9 Å². The first-order chi connectivity index (χ1) is 10.3. The summed E-state index contributed by atoms with van der Waals surface area (Å²) >= 11 is 0. The topological polar surface area (TPSA) is 28.2 Å². The molecule has 1 unspecified atom stereocenters. The fourth-order valence-corrected chi connectivity index (χ4v) is 3.48. The molecule has 1 saturated carbocycles. The van der Waals surface area contributed by atoms with E-state index in [4.69, 9.17) is 0 Å². The second-order valence-electron chi connectivity index (χ2n) is 6.47. The lowest BCUT2D eigenvalue weighted by Crippen LogP contribution is -2.38. The van der Waals surface area contributed by atoms with Gasteiger partial charge >= 0.3 is 0 Å². The summed E-state index contributed by atoms with van der Waals surface area (Å²) in [5.41, 5.74) is 3.61. The first kappa shape index (κ1) is 13.1. The molecule has 2 heterocycles. The summed E-state index contributed by atoms with van der Waals surface area (Å²) in [5, 5.41) is 5.00. The van der Waals surface area contributed by atoms with Crippen LogP contribution in [0.1, 0.15) is 31.4 Å². The number of hydrogen-bond acceptors (Lipinski definition) is 3. The molecule has 1 saturated heterocycles. The number of nitrogens with one attached hydrogen (secondary N) is 1. The summed E-state index contributed by atoms with van der Waals surface area (Å²) in [5.74, 6) is 0. The van der Waals surface area contributed by atoms with E-state index in [2.05, 4.69) is 52.5 Å². The second kappa shape index (κ2) is 5.30. The van der Waals surface area contributed by atoms with Crippen LogP contribution in [0.3, 0.4) is 0 Å². The molecule has 2 aliphatic rings. The Morgan fingerprint density at radius 2 is 2.10 bits per heavy atom. The molecule has 3 nitrogen and oxygen atoms in total. The Hall–Kier alpha value is -1.61. The fourth-order valence-electron chi connectivity index (χ4n) is 3.48. The molecule has 4 rings (SSSR count). The quantitative estimate of drug-likeness (QED) is 0.932. The number of anilines is 1. The van der Waals surface area contributed by atoms with Crippen molar-refractivity contribution in [2.24, 2.45) is 0 Å². The molecular formula is C18H23N3. The lowest BCUT2D eigenvalue weighted by atomic mass is 10.1. The highest BCUT2D eigenvalue weighted by Gasteiger charge is 2.28. The van der Waals surface area contributed by atoms with Gasteiger partial charge in [0.25, 0.3) is 0 Å². The molecule has 1 aliphatic heterocycles. The minimum atomic E-state index is 0.635. The SMILES string of the molecule is Cc1cc(N2CCCC2CNC2CC2)c2ccccc2n1. The second-order valence-corrected chi connectivity index (χ2v) is 6.47. The third-order valence-corrected chi connectivity index (χ3v) is 4.73. The van der Waals surface area contributed by atoms with Crippen LogP contribution in [0.4, 0.5) is 5.69 Å². The van der Waals surface area contributed by atoms with Gasteiger partial charge in [0.05, 0.1) is 5.52 Å². The van der Waals surface area contributed by atoms with Crippen LogP contribution in [0.2, 0.25) is 0 Å². The summed E-state index contributed by atoms with van der Waals surface area (Å²) in [7, 11) is 0. The summed E-state index contributed by atoms with van der Waals surface area (Å²) in [6.45, 7) is 4.40. The maximum absolute atomic E-state index is 4.67. The largest absolute Gasteiger partial charge is 0.367 e. The van der Waals surface area contributed by atoms with Gasteiger partial charge < -0.3 is 10.2 Å². The minimum Gasteiger partial charge on any atom is -0.367 e. The van der Waals surface area contributed by atoms with Crippen LogP contribution in [0.5, 0.6) is 0 Å². The summed E-state index contributed by atoms with van der Waals surface area (Å²) in [4.78, 5) is 7.28. The van der Waals surface area contributed by atoms with Gasteiger partial charge in [0.2, 0.25) is 0 Å². The van der Waals surface area contributed by atoms with Crippen molar-refractivity contribution in [1.29, 1.82) is 0 Å². The molecule has 1 aromatic heterocycles. The van der Waals surface area contributed by atoms with E-state index in [-0.39, 0.29) is 0 Å². The highest BCUT2D eigenvalue weighted by Crippen LogP contribution is 2.32. The molecule has 0 radical (unpaired) electrons. The highest BCUT2D eigenvalue weighted by molar-refractivity contribution is 5.92. The fraction of sp³-hybridized carbons (Fsp3) is 0.500. The number of benzene rings is 1. The lowest BCUT2D eigenvalue weighted by molar-refractivity contribution is 0.571. The van der Waals surface area contributed by atoms with Crippen LogP contribution >= 0.6 is 0 Å². The number of pyridine rings is 1. The van der Waals surface area contributed by atoms with Gasteiger partial charge in [-0.2, -0.15) is 0 Å². The third-order valence-electron chi connectivity index (χ3n) is 4.73. The number of fused-ring (bicyclic) bond motifs is 1. The van der Waals surface area contributed by atoms with Crippen molar-refractivity contribution in [3.63, 3.8) is 0 Å². The van der Waals surface area contributed by atoms with E-state index in [1.54, 1.807) is 0 Å². The van der Waals surface area contributed by atoms with E-state index in [9.17, 15) is 0 Å². The van der Waals surface area contributed by atoms with E-state index in [0.29, 0.717) is 6.04 Å². The predicted octanol–water partition coefficient (Wildman–Crippen LogP) is 3.26. The Labute approximate surface area is 126 Å². The van der Waals surface area contributed by atoms with Gasteiger partial charge in [-0.25, -0.2) is 0 Å². The van der Waals surface area contributed by atoms with Crippen molar-refractivity contribution < 1.29 is 0 Å². The van der Waals surface area contributed by atoms with Gasteiger partial charge in [0.1, 0.15) is 0 Å². The molecule has 2 aromatic rings. The third kappa shape index (κ3) is 2.62. The van der Waals surface area contributed by atoms with E-state index >= 15 is 0 Å². The standard InChI is InChI=1S/C18H23N3/c1-13-11-18(16-6-2-3-7-17(16)20-13)21-10-4-5-15(21)12-19-14-8-9-14/h2-3,6-7,11,14-15,19H,4-5,8-10,12H2,1H3. The van der Waals surface area contributed by atoms with Crippen molar-refractivity contribution in [1.82, 2.24) is 10.3 Å². The average Bonchev–Trinajstić information content (AvgIpc) is 3.21. The monoisotopic (exact) mass is 281 g/mol. The molecule has 110 valence electrons. The average molecular weight is 281 g/mol. The number of rotatable bonds is 4. The van der Waals surface area contributed by atoms with Gasteiger partial charge in [-0.05, 0) is 44.7 Å². The van der Waals surface area contributed by atoms with Gasteiger partial charge in [-0.1, -0.05) is 18.2 Å². The molecule has 1 N–H and O–H groups in total. The van der Waals surface area contributed by atoms with E-state index in [0.717, 1.165) is 23.8 Å². The number of aromatic nitrogens is 1. The molecule has 1 atom stereocenters.